The van der Waals surface area contributed by atoms with Crippen LogP contribution in [0.4, 0.5) is 5.69 Å². The second kappa shape index (κ2) is 6.32. The van der Waals surface area contributed by atoms with Crippen LogP contribution in [0, 0.1) is 6.92 Å². The largest absolute Gasteiger partial charge is 0.326 e. The van der Waals surface area contributed by atoms with E-state index in [0.717, 1.165) is 18.5 Å². The first-order valence-electron chi connectivity index (χ1n) is 7.83. The van der Waals surface area contributed by atoms with Crippen LogP contribution in [0.1, 0.15) is 23.1 Å². The zero-order valence-corrected chi connectivity index (χ0v) is 13.0. The molecule has 0 radical (unpaired) electrons. The van der Waals surface area contributed by atoms with E-state index in [9.17, 15) is 4.79 Å². The fourth-order valence-electron chi connectivity index (χ4n) is 3.00. The lowest BCUT2D eigenvalue weighted by atomic mass is 9.97. The van der Waals surface area contributed by atoms with Gasteiger partial charge in [0.05, 0.1) is 0 Å². The molecule has 1 aliphatic rings. The number of amides is 1. The SMILES string of the molecule is Cc1ccc(CCC(=O)N2CC(N)Cc3ccccc32)cc1. The van der Waals surface area contributed by atoms with Gasteiger partial charge in [0.1, 0.15) is 0 Å². The lowest BCUT2D eigenvalue weighted by Gasteiger charge is -2.33. The number of fused-ring (bicyclic) bond motifs is 1. The standard InChI is InChI=1S/C19H22N2O/c1-14-6-8-15(9-7-14)10-11-19(22)21-13-17(20)12-16-4-2-3-5-18(16)21/h2-9,17H,10-13,20H2,1H3. The molecule has 0 aliphatic carbocycles. The molecular weight excluding hydrogens is 272 g/mol. The monoisotopic (exact) mass is 294 g/mol. The highest BCUT2D eigenvalue weighted by Gasteiger charge is 2.25. The first-order chi connectivity index (χ1) is 10.6. The summed E-state index contributed by atoms with van der Waals surface area (Å²) in [7, 11) is 0. The summed E-state index contributed by atoms with van der Waals surface area (Å²) in [6, 6.07) is 16.5. The van der Waals surface area contributed by atoms with E-state index in [1.807, 2.05) is 23.1 Å². The molecule has 0 aromatic heterocycles. The van der Waals surface area contributed by atoms with Gasteiger partial charge in [-0.05, 0) is 37.0 Å². The third kappa shape index (κ3) is 3.20. The Balaban J connectivity index is 1.71. The van der Waals surface area contributed by atoms with Gasteiger partial charge >= 0.3 is 0 Å². The molecule has 1 heterocycles. The van der Waals surface area contributed by atoms with Gasteiger partial charge in [-0.2, -0.15) is 0 Å². The van der Waals surface area contributed by atoms with Crippen molar-refractivity contribution in [3.05, 3.63) is 65.2 Å². The minimum Gasteiger partial charge on any atom is -0.326 e. The van der Waals surface area contributed by atoms with Gasteiger partial charge in [0.2, 0.25) is 5.91 Å². The maximum atomic E-state index is 12.6. The molecule has 3 rings (SSSR count). The van der Waals surface area contributed by atoms with Gasteiger partial charge in [-0.1, -0.05) is 48.0 Å². The summed E-state index contributed by atoms with van der Waals surface area (Å²) in [4.78, 5) is 14.5. The smallest absolute Gasteiger partial charge is 0.227 e. The third-order valence-electron chi connectivity index (χ3n) is 4.23. The number of carbonyl (C=O) groups excluding carboxylic acids is 1. The molecule has 2 aromatic carbocycles. The Labute approximate surface area is 131 Å². The summed E-state index contributed by atoms with van der Waals surface area (Å²) in [5.74, 6) is 0.156. The van der Waals surface area contributed by atoms with Crippen molar-refractivity contribution in [2.45, 2.75) is 32.2 Å². The molecule has 3 nitrogen and oxygen atoms in total. The number of carbonyl (C=O) groups is 1. The first kappa shape index (κ1) is 14.8. The second-order valence-corrected chi connectivity index (χ2v) is 6.08. The summed E-state index contributed by atoms with van der Waals surface area (Å²) in [5, 5.41) is 0. The number of hydrogen-bond acceptors (Lipinski definition) is 2. The number of rotatable bonds is 3. The molecule has 0 fully saturated rings. The van der Waals surface area contributed by atoms with Gasteiger partial charge in [-0.25, -0.2) is 0 Å². The molecule has 0 spiro atoms. The molecular formula is C19H22N2O. The number of hydrogen-bond donors (Lipinski definition) is 1. The molecule has 1 unspecified atom stereocenters. The molecule has 1 aliphatic heterocycles. The quantitative estimate of drug-likeness (QED) is 0.946. The van der Waals surface area contributed by atoms with E-state index in [4.69, 9.17) is 5.73 Å². The van der Waals surface area contributed by atoms with Crippen molar-refractivity contribution < 1.29 is 4.79 Å². The van der Waals surface area contributed by atoms with Crippen LogP contribution in [0.25, 0.3) is 0 Å². The molecule has 0 saturated heterocycles. The molecule has 1 atom stereocenters. The zero-order chi connectivity index (χ0) is 15.5. The minimum absolute atomic E-state index is 0.0261. The van der Waals surface area contributed by atoms with Crippen molar-refractivity contribution in [3.63, 3.8) is 0 Å². The van der Waals surface area contributed by atoms with E-state index < -0.39 is 0 Å². The highest BCUT2D eigenvalue weighted by atomic mass is 16.2. The average molecular weight is 294 g/mol. The topological polar surface area (TPSA) is 46.3 Å². The van der Waals surface area contributed by atoms with Crippen molar-refractivity contribution in [3.8, 4) is 0 Å². The highest BCUT2D eigenvalue weighted by Crippen LogP contribution is 2.27. The lowest BCUT2D eigenvalue weighted by molar-refractivity contribution is -0.118. The van der Waals surface area contributed by atoms with Gasteiger partial charge in [-0.3, -0.25) is 4.79 Å². The maximum absolute atomic E-state index is 12.6. The first-order valence-corrected chi connectivity index (χ1v) is 7.83. The van der Waals surface area contributed by atoms with E-state index in [-0.39, 0.29) is 11.9 Å². The highest BCUT2D eigenvalue weighted by molar-refractivity contribution is 5.94. The number of nitrogens with zero attached hydrogens (tertiary/aromatic N) is 1. The van der Waals surface area contributed by atoms with E-state index in [2.05, 4.69) is 37.3 Å². The molecule has 3 heteroatoms. The predicted octanol–water partition coefficient (Wildman–Crippen LogP) is 2.84. The van der Waals surface area contributed by atoms with Crippen molar-refractivity contribution in [1.29, 1.82) is 0 Å². The zero-order valence-electron chi connectivity index (χ0n) is 13.0. The summed E-state index contributed by atoms with van der Waals surface area (Å²) in [6.45, 7) is 2.69. The van der Waals surface area contributed by atoms with Crippen molar-refractivity contribution in [2.24, 2.45) is 5.73 Å². The molecule has 0 saturated carbocycles. The van der Waals surface area contributed by atoms with E-state index in [1.165, 1.54) is 16.7 Å². The van der Waals surface area contributed by atoms with Crippen LogP contribution < -0.4 is 10.6 Å². The van der Waals surface area contributed by atoms with E-state index in [0.29, 0.717) is 13.0 Å². The summed E-state index contributed by atoms with van der Waals surface area (Å²) < 4.78 is 0. The summed E-state index contributed by atoms with van der Waals surface area (Å²) >= 11 is 0. The Morgan fingerprint density at radius 3 is 2.68 bits per heavy atom. The Bertz CT molecular complexity index is 663. The fraction of sp³-hybridized carbons (Fsp3) is 0.316. The molecule has 2 aromatic rings. The number of para-hydroxylation sites is 1. The average Bonchev–Trinajstić information content (AvgIpc) is 2.53. The lowest BCUT2D eigenvalue weighted by Crippen LogP contribution is -2.46. The molecule has 0 bridgehead atoms. The fourth-order valence-corrected chi connectivity index (χ4v) is 3.00. The Morgan fingerprint density at radius 2 is 1.91 bits per heavy atom. The van der Waals surface area contributed by atoms with Gasteiger partial charge in [-0.15, -0.1) is 0 Å². The summed E-state index contributed by atoms with van der Waals surface area (Å²) in [5.41, 5.74) is 10.7. The van der Waals surface area contributed by atoms with Crippen molar-refractivity contribution in [1.82, 2.24) is 0 Å². The van der Waals surface area contributed by atoms with Gasteiger partial charge in [0, 0.05) is 24.7 Å². The Kier molecular flexibility index (Phi) is 4.25. The maximum Gasteiger partial charge on any atom is 0.227 e. The van der Waals surface area contributed by atoms with Crippen LogP contribution in [0.5, 0.6) is 0 Å². The van der Waals surface area contributed by atoms with Crippen LogP contribution in [0.3, 0.4) is 0 Å². The number of nitrogens with two attached hydrogens (primary N) is 1. The van der Waals surface area contributed by atoms with Crippen molar-refractivity contribution in [2.75, 3.05) is 11.4 Å². The molecule has 114 valence electrons. The van der Waals surface area contributed by atoms with Crippen LogP contribution in [-0.2, 0) is 17.6 Å². The molecule has 2 N–H and O–H groups in total. The van der Waals surface area contributed by atoms with Gasteiger partial charge < -0.3 is 10.6 Å². The summed E-state index contributed by atoms with van der Waals surface area (Å²) in [6.07, 6.45) is 2.13. The van der Waals surface area contributed by atoms with Crippen molar-refractivity contribution >= 4 is 11.6 Å². The number of benzene rings is 2. The minimum atomic E-state index is 0.0261. The predicted molar refractivity (Wildman–Crippen MR) is 90.0 cm³/mol. The number of anilines is 1. The van der Waals surface area contributed by atoms with E-state index in [1.54, 1.807) is 0 Å². The van der Waals surface area contributed by atoms with E-state index >= 15 is 0 Å². The van der Waals surface area contributed by atoms with Gasteiger partial charge in [0.25, 0.3) is 0 Å². The van der Waals surface area contributed by atoms with Crippen LogP contribution >= 0.6 is 0 Å². The molecule has 22 heavy (non-hydrogen) atoms. The Hall–Kier alpha value is -2.13. The normalized spacial score (nSPS) is 17.2. The number of aryl methyl sites for hydroxylation is 2. The van der Waals surface area contributed by atoms with Crippen LogP contribution in [-0.4, -0.2) is 18.5 Å². The van der Waals surface area contributed by atoms with Crippen LogP contribution in [0.15, 0.2) is 48.5 Å². The third-order valence-corrected chi connectivity index (χ3v) is 4.23. The van der Waals surface area contributed by atoms with Gasteiger partial charge in [0.15, 0.2) is 0 Å². The van der Waals surface area contributed by atoms with Crippen LogP contribution in [0.2, 0.25) is 0 Å². The Morgan fingerprint density at radius 1 is 1.18 bits per heavy atom. The second-order valence-electron chi connectivity index (χ2n) is 6.08. The molecule has 1 amide bonds.